The molecule has 1 aromatic carbocycles. The Morgan fingerprint density at radius 1 is 1.50 bits per heavy atom. The number of aromatic nitrogens is 2. The number of amides is 1. The molecule has 22 heavy (non-hydrogen) atoms. The first-order chi connectivity index (χ1) is 10.4. The number of aliphatic hydroxyl groups is 1. The number of nitro benzene ring substituents is 1. The highest BCUT2D eigenvalue weighted by Gasteiger charge is 2.18. The molecule has 0 spiro atoms. The van der Waals surface area contributed by atoms with Gasteiger partial charge in [-0.05, 0) is 18.4 Å². The van der Waals surface area contributed by atoms with Crippen molar-refractivity contribution >= 4 is 22.5 Å². The summed E-state index contributed by atoms with van der Waals surface area (Å²) in [5.41, 5.74) is 0.511. The lowest BCUT2D eigenvalue weighted by Crippen LogP contribution is -2.33. The van der Waals surface area contributed by atoms with Gasteiger partial charge in [0, 0.05) is 24.1 Å². The number of hydrogen-bond acceptors (Lipinski definition) is 5. The fourth-order valence-corrected chi connectivity index (χ4v) is 2.21. The number of H-pyrrole nitrogens is 1. The number of fused-ring (bicyclic) bond motifs is 1. The summed E-state index contributed by atoms with van der Waals surface area (Å²) in [6.07, 6.45) is -0.0592. The van der Waals surface area contributed by atoms with Crippen LogP contribution in [-0.2, 0) is 0 Å². The van der Waals surface area contributed by atoms with Gasteiger partial charge < -0.3 is 10.4 Å². The number of aromatic amines is 1. The van der Waals surface area contributed by atoms with Crippen molar-refractivity contribution in [3.63, 3.8) is 0 Å². The standard InChI is InChI=1S/C14H18N4O4/c1-8(2)5-10(19)7-15-14(20)13-11-6-9(18(21)22)3-4-12(11)16-17-13/h3-4,6,8,10,19H,5,7H2,1-2H3,(H,15,20)(H,16,17). The van der Waals surface area contributed by atoms with Gasteiger partial charge in [-0.1, -0.05) is 13.8 Å². The minimum Gasteiger partial charge on any atom is -0.391 e. The summed E-state index contributed by atoms with van der Waals surface area (Å²) in [5.74, 6) is -0.157. The number of carbonyl (C=O) groups excluding carboxylic acids is 1. The van der Waals surface area contributed by atoms with E-state index in [0.717, 1.165) is 0 Å². The summed E-state index contributed by atoms with van der Waals surface area (Å²) in [6, 6.07) is 4.15. The van der Waals surface area contributed by atoms with Crippen molar-refractivity contribution < 1.29 is 14.8 Å². The van der Waals surface area contributed by atoms with Gasteiger partial charge in [-0.25, -0.2) is 0 Å². The third-order valence-corrected chi connectivity index (χ3v) is 3.21. The van der Waals surface area contributed by atoms with Gasteiger partial charge in [0.2, 0.25) is 0 Å². The molecule has 0 bridgehead atoms. The zero-order chi connectivity index (χ0) is 16.3. The van der Waals surface area contributed by atoms with Gasteiger partial charge >= 0.3 is 0 Å². The van der Waals surface area contributed by atoms with Crippen LogP contribution in [0, 0.1) is 16.0 Å². The predicted octanol–water partition coefficient (Wildman–Crippen LogP) is 1.61. The highest BCUT2D eigenvalue weighted by atomic mass is 16.6. The normalized spacial score (nSPS) is 12.5. The fourth-order valence-electron chi connectivity index (χ4n) is 2.21. The van der Waals surface area contributed by atoms with Gasteiger partial charge in [0.25, 0.3) is 11.6 Å². The molecule has 8 nitrogen and oxygen atoms in total. The number of aliphatic hydroxyl groups excluding tert-OH is 1. The number of non-ortho nitro benzene ring substituents is 1. The fraction of sp³-hybridized carbons (Fsp3) is 0.429. The van der Waals surface area contributed by atoms with E-state index in [0.29, 0.717) is 23.2 Å². The molecule has 1 amide bonds. The van der Waals surface area contributed by atoms with E-state index in [1.165, 1.54) is 18.2 Å². The second-order valence-electron chi connectivity index (χ2n) is 5.55. The number of hydrogen-bond donors (Lipinski definition) is 3. The Balaban J connectivity index is 2.14. The van der Waals surface area contributed by atoms with Crippen LogP contribution in [0.25, 0.3) is 10.9 Å². The first-order valence-electron chi connectivity index (χ1n) is 6.97. The highest BCUT2D eigenvalue weighted by Crippen LogP contribution is 2.22. The lowest BCUT2D eigenvalue weighted by Gasteiger charge is -2.13. The lowest BCUT2D eigenvalue weighted by molar-refractivity contribution is -0.384. The molecule has 0 saturated heterocycles. The van der Waals surface area contributed by atoms with Crippen molar-refractivity contribution in [3.8, 4) is 0 Å². The number of nitro groups is 1. The molecule has 0 aliphatic rings. The maximum Gasteiger partial charge on any atom is 0.272 e. The topological polar surface area (TPSA) is 121 Å². The molecule has 0 aliphatic heterocycles. The van der Waals surface area contributed by atoms with E-state index >= 15 is 0 Å². The van der Waals surface area contributed by atoms with E-state index in [2.05, 4.69) is 15.5 Å². The van der Waals surface area contributed by atoms with Crippen molar-refractivity contribution in [2.24, 2.45) is 5.92 Å². The minimum absolute atomic E-state index is 0.0791. The third kappa shape index (κ3) is 3.59. The summed E-state index contributed by atoms with van der Waals surface area (Å²) in [7, 11) is 0. The molecular formula is C14H18N4O4. The van der Waals surface area contributed by atoms with Crippen LogP contribution in [0.2, 0.25) is 0 Å². The van der Waals surface area contributed by atoms with Crippen LogP contribution in [0.3, 0.4) is 0 Å². The Morgan fingerprint density at radius 2 is 2.23 bits per heavy atom. The van der Waals surface area contributed by atoms with Crippen molar-refractivity contribution in [3.05, 3.63) is 34.0 Å². The van der Waals surface area contributed by atoms with E-state index in [1.807, 2.05) is 13.8 Å². The quantitative estimate of drug-likeness (QED) is 0.553. The molecule has 0 fully saturated rings. The van der Waals surface area contributed by atoms with Crippen molar-refractivity contribution in [2.75, 3.05) is 6.54 Å². The molecule has 8 heteroatoms. The molecule has 1 unspecified atom stereocenters. The third-order valence-electron chi connectivity index (χ3n) is 3.21. The number of rotatable bonds is 6. The monoisotopic (exact) mass is 306 g/mol. The molecule has 2 rings (SSSR count). The molecule has 0 saturated carbocycles. The van der Waals surface area contributed by atoms with Crippen LogP contribution in [0.1, 0.15) is 30.8 Å². The highest BCUT2D eigenvalue weighted by molar-refractivity contribution is 6.05. The average molecular weight is 306 g/mol. The van der Waals surface area contributed by atoms with E-state index in [-0.39, 0.29) is 17.9 Å². The van der Waals surface area contributed by atoms with E-state index in [4.69, 9.17) is 0 Å². The second-order valence-corrected chi connectivity index (χ2v) is 5.55. The first kappa shape index (κ1) is 15.9. The molecule has 118 valence electrons. The SMILES string of the molecule is CC(C)CC(O)CNC(=O)c1n[nH]c2ccc([N+](=O)[O-])cc12. The van der Waals surface area contributed by atoms with Crippen molar-refractivity contribution in [2.45, 2.75) is 26.4 Å². The van der Waals surface area contributed by atoms with E-state index in [1.54, 1.807) is 0 Å². The zero-order valence-corrected chi connectivity index (χ0v) is 12.4. The van der Waals surface area contributed by atoms with E-state index in [9.17, 15) is 20.0 Å². The van der Waals surface area contributed by atoms with Gasteiger partial charge in [-0.3, -0.25) is 20.0 Å². The van der Waals surface area contributed by atoms with Gasteiger partial charge in [-0.2, -0.15) is 5.10 Å². The first-order valence-corrected chi connectivity index (χ1v) is 6.97. The molecule has 0 aliphatic carbocycles. The van der Waals surface area contributed by atoms with Gasteiger partial charge in [0.15, 0.2) is 5.69 Å². The Hall–Kier alpha value is -2.48. The molecule has 2 aromatic rings. The van der Waals surface area contributed by atoms with Crippen LogP contribution in [0.15, 0.2) is 18.2 Å². The Bertz CT molecular complexity index is 695. The van der Waals surface area contributed by atoms with Crippen molar-refractivity contribution in [1.29, 1.82) is 0 Å². The second kappa shape index (κ2) is 6.52. The van der Waals surface area contributed by atoms with Crippen LogP contribution >= 0.6 is 0 Å². The molecule has 3 N–H and O–H groups in total. The molecule has 1 heterocycles. The predicted molar refractivity (Wildman–Crippen MR) is 80.5 cm³/mol. The summed E-state index contributed by atoms with van der Waals surface area (Å²) in [5, 5.41) is 30.1. The van der Waals surface area contributed by atoms with Gasteiger partial charge in [-0.15, -0.1) is 0 Å². The van der Waals surface area contributed by atoms with Crippen LogP contribution in [0.5, 0.6) is 0 Å². The molecule has 0 radical (unpaired) electrons. The smallest absolute Gasteiger partial charge is 0.272 e. The molecular weight excluding hydrogens is 288 g/mol. The minimum atomic E-state index is -0.636. The van der Waals surface area contributed by atoms with Crippen LogP contribution < -0.4 is 5.32 Å². The molecule has 1 atom stereocenters. The van der Waals surface area contributed by atoms with Crippen LogP contribution in [0.4, 0.5) is 5.69 Å². The number of nitrogens with one attached hydrogen (secondary N) is 2. The maximum absolute atomic E-state index is 12.1. The Kier molecular flexibility index (Phi) is 4.71. The van der Waals surface area contributed by atoms with Crippen LogP contribution in [-0.4, -0.2) is 38.8 Å². The summed E-state index contributed by atoms with van der Waals surface area (Å²) >= 11 is 0. The molecule has 1 aromatic heterocycles. The number of nitrogens with zero attached hydrogens (tertiary/aromatic N) is 2. The average Bonchev–Trinajstić information content (AvgIpc) is 2.86. The lowest BCUT2D eigenvalue weighted by atomic mass is 10.1. The summed E-state index contributed by atoms with van der Waals surface area (Å²) in [6.45, 7) is 4.07. The summed E-state index contributed by atoms with van der Waals surface area (Å²) < 4.78 is 0. The van der Waals surface area contributed by atoms with Gasteiger partial charge in [0.1, 0.15) is 0 Å². The number of carbonyl (C=O) groups is 1. The Labute approximate surface area is 126 Å². The zero-order valence-electron chi connectivity index (χ0n) is 12.4. The number of benzene rings is 1. The largest absolute Gasteiger partial charge is 0.391 e. The maximum atomic E-state index is 12.1. The van der Waals surface area contributed by atoms with E-state index < -0.39 is 16.9 Å². The summed E-state index contributed by atoms with van der Waals surface area (Å²) in [4.78, 5) is 22.4. The van der Waals surface area contributed by atoms with Crippen molar-refractivity contribution in [1.82, 2.24) is 15.5 Å². The van der Waals surface area contributed by atoms with Gasteiger partial charge in [0.05, 0.1) is 16.5 Å². The Morgan fingerprint density at radius 3 is 2.86 bits per heavy atom.